The molecule has 2 aromatic rings. The molecule has 0 atom stereocenters. The summed E-state index contributed by atoms with van der Waals surface area (Å²) < 4.78 is 29.7. The molecule has 1 aromatic heterocycles. The number of rotatable bonds is 5. The van der Waals surface area contributed by atoms with Gasteiger partial charge < -0.3 is 9.72 Å². The third kappa shape index (κ3) is 4.04. The molecular formula is C18H21F2N3O2. The van der Waals surface area contributed by atoms with Crippen LogP contribution in [0.25, 0.3) is 0 Å². The Morgan fingerprint density at radius 1 is 1.32 bits per heavy atom. The normalized spacial score (nSPS) is 14.8. The topological polar surface area (TPSA) is 58.2 Å². The van der Waals surface area contributed by atoms with Crippen LogP contribution >= 0.6 is 0 Å². The predicted molar refractivity (Wildman–Crippen MR) is 89.8 cm³/mol. The molecule has 0 unspecified atom stereocenters. The van der Waals surface area contributed by atoms with Crippen LogP contribution in [0.3, 0.4) is 0 Å². The summed E-state index contributed by atoms with van der Waals surface area (Å²) in [5, 5.41) is 0. The summed E-state index contributed by atoms with van der Waals surface area (Å²) in [6, 6.07) is 6.78. The molecule has 1 aliphatic rings. The zero-order chi connectivity index (χ0) is 18.0. The largest absolute Gasteiger partial charge is 0.434 e. The molecule has 0 saturated carbocycles. The Morgan fingerprint density at radius 3 is 2.80 bits per heavy atom. The summed E-state index contributed by atoms with van der Waals surface area (Å²) in [6.45, 7) is 2.75. The van der Waals surface area contributed by atoms with Gasteiger partial charge in [-0.25, -0.2) is 4.98 Å². The van der Waals surface area contributed by atoms with Crippen LogP contribution < -0.4 is 10.3 Å². The first-order valence-electron chi connectivity index (χ1n) is 8.31. The summed E-state index contributed by atoms with van der Waals surface area (Å²) in [7, 11) is 0. The number of H-pyrrole nitrogens is 1. The van der Waals surface area contributed by atoms with Gasteiger partial charge >= 0.3 is 6.61 Å². The number of hydrogen-bond donors (Lipinski definition) is 1. The fraction of sp³-hybridized carbons (Fsp3) is 0.444. The molecular weight excluding hydrogens is 328 g/mol. The second kappa shape index (κ2) is 7.31. The van der Waals surface area contributed by atoms with E-state index in [1.165, 1.54) is 0 Å². The lowest BCUT2D eigenvalue weighted by Crippen LogP contribution is -2.35. The maximum absolute atomic E-state index is 12.6. The van der Waals surface area contributed by atoms with Crippen LogP contribution in [0.15, 0.2) is 29.1 Å². The zero-order valence-corrected chi connectivity index (χ0v) is 14.3. The maximum Gasteiger partial charge on any atom is 0.387 e. The predicted octanol–water partition coefficient (Wildman–Crippen LogP) is 3.05. The van der Waals surface area contributed by atoms with Crippen LogP contribution in [0.2, 0.25) is 0 Å². The van der Waals surface area contributed by atoms with Crippen LogP contribution in [0.4, 0.5) is 8.78 Å². The van der Waals surface area contributed by atoms with Crippen LogP contribution in [0, 0.1) is 0 Å². The molecule has 3 rings (SSSR count). The fourth-order valence-electron chi connectivity index (χ4n) is 3.01. The number of nitrogens with one attached hydrogen (secondary N) is 1. The molecule has 0 saturated heterocycles. The van der Waals surface area contributed by atoms with Gasteiger partial charge in [-0.2, -0.15) is 8.78 Å². The van der Waals surface area contributed by atoms with Crippen molar-refractivity contribution in [2.24, 2.45) is 0 Å². The number of para-hydroxylation sites is 1. The third-order valence-corrected chi connectivity index (χ3v) is 4.30. The molecule has 2 heterocycles. The van der Waals surface area contributed by atoms with E-state index in [2.05, 4.69) is 19.6 Å². The summed E-state index contributed by atoms with van der Waals surface area (Å²) in [5.74, 6) is 0.991. The van der Waals surface area contributed by atoms with Crippen molar-refractivity contribution in [3.05, 3.63) is 57.3 Å². The highest BCUT2D eigenvalue weighted by Gasteiger charge is 2.22. The Kier molecular flexibility index (Phi) is 5.13. The Bertz CT molecular complexity index is 805. The number of ether oxygens (including phenoxy) is 1. The zero-order valence-electron chi connectivity index (χ0n) is 14.3. The standard InChI is InChI=1S/C18H21F2N3O2/c1-11(2)16-21-14-10-23(8-7-13(14)17(24)22-16)9-12-5-3-4-6-15(12)25-18(19)20/h3-6,11,18H,7-10H2,1-2H3,(H,21,22,24). The average molecular weight is 349 g/mol. The number of aromatic nitrogens is 2. The maximum atomic E-state index is 12.6. The highest BCUT2D eigenvalue weighted by molar-refractivity contribution is 5.33. The number of hydrogen-bond acceptors (Lipinski definition) is 4. The van der Waals surface area contributed by atoms with E-state index in [4.69, 9.17) is 0 Å². The molecule has 134 valence electrons. The van der Waals surface area contributed by atoms with Gasteiger partial charge in [-0.1, -0.05) is 32.0 Å². The Balaban J connectivity index is 1.81. The van der Waals surface area contributed by atoms with Crippen molar-refractivity contribution < 1.29 is 13.5 Å². The van der Waals surface area contributed by atoms with Crippen molar-refractivity contribution in [3.63, 3.8) is 0 Å². The minimum absolute atomic E-state index is 0.0743. The molecule has 1 aliphatic heterocycles. The van der Waals surface area contributed by atoms with E-state index in [0.29, 0.717) is 37.4 Å². The van der Waals surface area contributed by atoms with E-state index in [1.807, 2.05) is 13.8 Å². The Hall–Kier alpha value is -2.28. The molecule has 25 heavy (non-hydrogen) atoms. The van der Waals surface area contributed by atoms with E-state index in [1.54, 1.807) is 24.3 Å². The molecule has 0 radical (unpaired) electrons. The summed E-state index contributed by atoms with van der Waals surface area (Å²) >= 11 is 0. The minimum Gasteiger partial charge on any atom is -0.434 e. The molecule has 1 N–H and O–H groups in total. The van der Waals surface area contributed by atoms with E-state index in [-0.39, 0.29) is 17.2 Å². The van der Waals surface area contributed by atoms with Gasteiger partial charge in [0.2, 0.25) is 0 Å². The summed E-state index contributed by atoms with van der Waals surface area (Å²) in [5.41, 5.74) is 2.11. The molecule has 0 bridgehead atoms. The highest BCUT2D eigenvalue weighted by atomic mass is 19.3. The van der Waals surface area contributed by atoms with Gasteiger partial charge in [0.1, 0.15) is 11.6 Å². The Labute approximate surface area is 144 Å². The fourth-order valence-corrected chi connectivity index (χ4v) is 3.01. The van der Waals surface area contributed by atoms with Crippen LogP contribution in [0.1, 0.15) is 42.4 Å². The van der Waals surface area contributed by atoms with Crippen molar-refractivity contribution in [2.75, 3.05) is 6.54 Å². The van der Waals surface area contributed by atoms with Crippen molar-refractivity contribution >= 4 is 0 Å². The van der Waals surface area contributed by atoms with Gasteiger partial charge in [0.25, 0.3) is 5.56 Å². The lowest BCUT2D eigenvalue weighted by Gasteiger charge is -2.28. The van der Waals surface area contributed by atoms with Gasteiger partial charge in [-0.05, 0) is 12.5 Å². The quantitative estimate of drug-likeness (QED) is 0.901. The second-order valence-electron chi connectivity index (χ2n) is 6.48. The van der Waals surface area contributed by atoms with Gasteiger partial charge in [0.15, 0.2) is 0 Å². The first-order chi connectivity index (χ1) is 11.9. The first kappa shape index (κ1) is 17.5. The van der Waals surface area contributed by atoms with Crippen LogP contribution in [-0.4, -0.2) is 28.0 Å². The minimum atomic E-state index is -2.85. The highest BCUT2D eigenvalue weighted by Crippen LogP contribution is 2.24. The smallest absolute Gasteiger partial charge is 0.387 e. The first-order valence-corrected chi connectivity index (χ1v) is 8.31. The summed E-state index contributed by atoms with van der Waals surface area (Å²) in [4.78, 5) is 21.7. The van der Waals surface area contributed by atoms with Crippen molar-refractivity contribution in [1.82, 2.24) is 14.9 Å². The molecule has 0 spiro atoms. The number of halogens is 2. The van der Waals surface area contributed by atoms with Gasteiger partial charge in [-0.3, -0.25) is 9.69 Å². The van der Waals surface area contributed by atoms with Crippen LogP contribution in [0.5, 0.6) is 5.75 Å². The van der Waals surface area contributed by atoms with E-state index >= 15 is 0 Å². The number of aromatic amines is 1. The summed E-state index contributed by atoms with van der Waals surface area (Å²) in [6.07, 6.45) is 0.591. The lowest BCUT2D eigenvalue weighted by molar-refractivity contribution is -0.0508. The van der Waals surface area contributed by atoms with E-state index < -0.39 is 6.61 Å². The van der Waals surface area contributed by atoms with Gasteiger partial charge in [0, 0.05) is 36.7 Å². The molecule has 0 aliphatic carbocycles. The molecule has 0 fully saturated rings. The molecule has 5 nitrogen and oxygen atoms in total. The number of alkyl halides is 2. The molecule has 0 amide bonds. The van der Waals surface area contributed by atoms with E-state index in [0.717, 1.165) is 11.3 Å². The second-order valence-corrected chi connectivity index (χ2v) is 6.48. The monoisotopic (exact) mass is 349 g/mol. The Morgan fingerprint density at radius 2 is 2.08 bits per heavy atom. The number of fused-ring (bicyclic) bond motifs is 1. The van der Waals surface area contributed by atoms with Crippen LogP contribution in [-0.2, 0) is 19.5 Å². The number of nitrogens with zero attached hydrogens (tertiary/aromatic N) is 2. The van der Waals surface area contributed by atoms with Gasteiger partial charge in [-0.15, -0.1) is 0 Å². The molecule has 1 aromatic carbocycles. The number of benzene rings is 1. The van der Waals surface area contributed by atoms with Gasteiger partial charge in [0.05, 0.1) is 5.69 Å². The van der Waals surface area contributed by atoms with Crippen molar-refractivity contribution in [2.45, 2.75) is 45.9 Å². The third-order valence-electron chi connectivity index (χ3n) is 4.30. The van der Waals surface area contributed by atoms with Crippen molar-refractivity contribution in [3.8, 4) is 5.75 Å². The van der Waals surface area contributed by atoms with Crippen molar-refractivity contribution in [1.29, 1.82) is 0 Å². The SMILES string of the molecule is CC(C)c1nc2c(c(=O)[nH]1)CCN(Cc1ccccc1OC(F)F)C2. The average Bonchev–Trinajstić information content (AvgIpc) is 2.56. The lowest BCUT2D eigenvalue weighted by atomic mass is 10.0. The molecule has 7 heteroatoms. The van der Waals surface area contributed by atoms with E-state index in [9.17, 15) is 13.6 Å².